The molecule has 0 amide bonds. The van der Waals surface area contributed by atoms with Gasteiger partial charge in [0.15, 0.2) is 0 Å². The fourth-order valence-electron chi connectivity index (χ4n) is 2.51. The second-order valence-corrected chi connectivity index (χ2v) is 4.14. The minimum absolute atomic E-state index is 0.932. The Kier molecular flexibility index (Phi) is 5.40. The van der Waals surface area contributed by atoms with E-state index >= 15 is 0 Å². The van der Waals surface area contributed by atoms with Gasteiger partial charge in [-0.3, -0.25) is 0 Å². The zero-order chi connectivity index (χ0) is 9.52. The zero-order valence-corrected chi connectivity index (χ0v) is 9.01. The van der Waals surface area contributed by atoms with E-state index in [-0.39, 0.29) is 0 Å². The highest BCUT2D eigenvalue weighted by Crippen LogP contribution is 2.34. The van der Waals surface area contributed by atoms with Crippen LogP contribution >= 0.6 is 0 Å². The molecule has 1 aliphatic carbocycles. The lowest BCUT2D eigenvalue weighted by atomic mass is 9.92. The Morgan fingerprint density at radius 3 is 2.77 bits per heavy atom. The van der Waals surface area contributed by atoms with Gasteiger partial charge in [0.05, 0.1) is 0 Å². The van der Waals surface area contributed by atoms with Crippen LogP contribution in [0.25, 0.3) is 0 Å². The summed E-state index contributed by atoms with van der Waals surface area (Å²) < 4.78 is 5.08. The summed E-state index contributed by atoms with van der Waals surface area (Å²) in [5.41, 5.74) is 0. The van der Waals surface area contributed by atoms with Crippen molar-refractivity contribution in [3.63, 3.8) is 0 Å². The molecule has 2 nitrogen and oxygen atoms in total. The first-order valence-corrected chi connectivity index (χ1v) is 5.52. The van der Waals surface area contributed by atoms with E-state index in [0.717, 1.165) is 18.4 Å². The first kappa shape index (κ1) is 11.0. The first-order valence-electron chi connectivity index (χ1n) is 5.52. The molecule has 0 aromatic heterocycles. The molecule has 2 heteroatoms. The summed E-state index contributed by atoms with van der Waals surface area (Å²) in [5, 5.41) is 3.30. The fraction of sp³-hybridized carbons (Fsp3) is 1.00. The largest absolute Gasteiger partial charge is 0.385 e. The van der Waals surface area contributed by atoms with Crippen LogP contribution in [0.3, 0.4) is 0 Å². The Bertz CT molecular complexity index is 127. The van der Waals surface area contributed by atoms with Crippen molar-refractivity contribution >= 4 is 0 Å². The highest BCUT2D eigenvalue weighted by atomic mass is 16.5. The average Bonchev–Trinajstić information content (AvgIpc) is 2.54. The van der Waals surface area contributed by atoms with Gasteiger partial charge in [-0.1, -0.05) is 12.8 Å². The second-order valence-electron chi connectivity index (χ2n) is 4.14. The highest BCUT2D eigenvalue weighted by molar-refractivity contribution is 4.78. The lowest BCUT2D eigenvalue weighted by Crippen LogP contribution is -2.22. The average molecular weight is 185 g/mol. The number of rotatable bonds is 6. The minimum atomic E-state index is 0.932. The summed E-state index contributed by atoms with van der Waals surface area (Å²) in [6.45, 7) is 2.14. The quantitative estimate of drug-likeness (QED) is 0.639. The first-order chi connectivity index (χ1) is 6.38. The van der Waals surface area contributed by atoms with E-state index in [0.29, 0.717) is 0 Å². The van der Waals surface area contributed by atoms with Gasteiger partial charge in [-0.2, -0.15) is 0 Å². The van der Waals surface area contributed by atoms with Crippen LogP contribution in [0.4, 0.5) is 0 Å². The maximum Gasteiger partial charge on any atom is 0.0462 e. The van der Waals surface area contributed by atoms with Crippen LogP contribution in [0, 0.1) is 11.8 Å². The number of ether oxygens (including phenoxy) is 1. The van der Waals surface area contributed by atoms with Crippen molar-refractivity contribution in [1.82, 2.24) is 5.32 Å². The summed E-state index contributed by atoms with van der Waals surface area (Å²) in [6, 6.07) is 0. The molecule has 2 atom stereocenters. The fourth-order valence-corrected chi connectivity index (χ4v) is 2.51. The van der Waals surface area contributed by atoms with Gasteiger partial charge in [-0.15, -0.1) is 0 Å². The minimum Gasteiger partial charge on any atom is -0.385 e. The van der Waals surface area contributed by atoms with Gasteiger partial charge in [0, 0.05) is 13.7 Å². The van der Waals surface area contributed by atoms with Crippen LogP contribution < -0.4 is 5.32 Å². The van der Waals surface area contributed by atoms with Crippen LogP contribution in [0.5, 0.6) is 0 Å². The molecule has 0 spiro atoms. The smallest absolute Gasteiger partial charge is 0.0462 e. The molecule has 78 valence electrons. The van der Waals surface area contributed by atoms with E-state index in [1.165, 1.54) is 38.6 Å². The van der Waals surface area contributed by atoms with Crippen LogP contribution in [0.2, 0.25) is 0 Å². The van der Waals surface area contributed by atoms with Gasteiger partial charge in [0.2, 0.25) is 0 Å². The Labute approximate surface area is 82.0 Å². The van der Waals surface area contributed by atoms with E-state index in [2.05, 4.69) is 12.4 Å². The topological polar surface area (TPSA) is 21.3 Å². The van der Waals surface area contributed by atoms with Gasteiger partial charge in [-0.25, -0.2) is 0 Å². The van der Waals surface area contributed by atoms with Gasteiger partial charge in [0.25, 0.3) is 0 Å². The molecular formula is C11H23NO. The van der Waals surface area contributed by atoms with Gasteiger partial charge < -0.3 is 10.1 Å². The molecule has 1 fully saturated rings. The van der Waals surface area contributed by atoms with Crippen LogP contribution in [0.1, 0.15) is 32.1 Å². The molecule has 1 aliphatic rings. The standard InChI is InChI=1S/C11H23NO/c1-12-9-11-6-3-5-10(11)7-4-8-13-2/h10-12H,3-9H2,1-2H3. The summed E-state index contributed by atoms with van der Waals surface area (Å²) in [6.07, 6.45) is 6.90. The molecule has 1 saturated carbocycles. The normalized spacial score (nSPS) is 28.2. The Hall–Kier alpha value is -0.0800. The van der Waals surface area contributed by atoms with E-state index < -0.39 is 0 Å². The molecule has 0 radical (unpaired) electrons. The lowest BCUT2D eigenvalue weighted by Gasteiger charge is -2.18. The van der Waals surface area contributed by atoms with Crippen molar-refractivity contribution in [3.8, 4) is 0 Å². The SMILES string of the molecule is CNCC1CCCC1CCCOC. The molecule has 0 heterocycles. The predicted octanol–water partition coefficient (Wildman–Crippen LogP) is 2.05. The Morgan fingerprint density at radius 1 is 1.31 bits per heavy atom. The summed E-state index contributed by atoms with van der Waals surface area (Å²) in [7, 11) is 3.85. The van der Waals surface area contributed by atoms with Crippen LogP contribution in [-0.4, -0.2) is 27.3 Å². The van der Waals surface area contributed by atoms with Crippen molar-refractivity contribution in [1.29, 1.82) is 0 Å². The Balaban J connectivity index is 2.15. The third kappa shape index (κ3) is 3.65. The van der Waals surface area contributed by atoms with Crippen LogP contribution in [0.15, 0.2) is 0 Å². The second kappa shape index (κ2) is 6.39. The molecule has 1 rings (SSSR count). The van der Waals surface area contributed by atoms with Crippen molar-refractivity contribution in [2.75, 3.05) is 27.3 Å². The van der Waals surface area contributed by atoms with Crippen molar-refractivity contribution in [3.05, 3.63) is 0 Å². The predicted molar refractivity (Wildman–Crippen MR) is 55.9 cm³/mol. The molecular weight excluding hydrogens is 162 g/mol. The number of hydrogen-bond donors (Lipinski definition) is 1. The number of nitrogens with one attached hydrogen (secondary N) is 1. The van der Waals surface area contributed by atoms with Gasteiger partial charge in [-0.05, 0) is 44.7 Å². The lowest BCUT2D eigenvalue weighted by molar-refractivity contribution is 0.182. The summed E-state index contributed by atoms with van der Waals surface area (Å²) >= 11 is 0. The van der Waals surface area contributed by atoms with E-state index in [4.69, 9.17) is 4.74 Å². The summed E-state index contributed by atoms with van der Waals surface area (Å²) in [4.78, 5) is 0. The molecule has 0 aromatic carbocycles. The molecule has 13 heavy (non-hydrogen) atoms. The molecule has 2 unspecified atom stereocenters. The number of hydrogen-bond acceptors (Lipinski definition) is 2. The maximum absolute atomic E-state index is 5.08. The highest BCUT2D eigenvalue weighted by Gasteiger charge is 2.25. The third-order valence-corrected chi connectivity index (χ3v) is 3.21. The van der Waals surface area contributed by atoms with Gasteiger partial charge in [0.1, 0.15) is 0 Å². The van der Waals surface area contributed by atoms with E-state index in [9.17, 15) is 0 Å². The van der Waals surface area contributed by atoms with Crippen molar-refractivity contribution in [2.24, 2.45) is 11.8 Å². The van der Waals surface area contributed by atoms with Gasteiger partial charge >= 0.3 is 0 Å². The van der Waals surface area contributed by atoms with Crippen molar-refractivity contribution in [2.45, 2.75) is 32.1 Å². The van der Waals surface area contributed by atoms with Crippen LogP contribution in [-0.2, 0) is 4.74 Å². The molecule has 0 aromatic rings. The maximum atomic E-state index is 5.08. The van der Waals surface area contributed by atoms with E-state index in [1.54, 1.807) is 7.11 Å². The molecule has 0 bridgehead atoms. The molecule has 1 N–H and O–H groups in total. The summed E-state index contributed by atoms with van der Waals surface area (Å²) in [5.74, 6) is 1.89. The Morgan fingerprint density at radius 2 is 2.08 bits per heavy atom. The van der Waals surface area contributed by atoms with Crippen molar-refractivity contribution < 1.29 is 4.74 Å². The van der Waals surface area contributed by atoms with E-state index in [1.807, 2.05) is 0 Å². The monoisotopic (exact) mass is 185 g/mol. The molecule has 0 saturated heterocycles. The molecule has 0 aliphatic heterocycles. The zero-order valence-electron chi connectivity index (χ0n) is 9.01. The third-order valence-electron chi connectivity index (χ3n) is 3.21. The number of methoxy groups -OCH3 is 1.